The van der Waals surface area contributed by atoms with Crippen molar-refractivity contribution in [3.63, 3.8) is 0 Å². The average Bonchev–Trinajstić information content (AvgIpc) is 2.39. The van der Waals surface area contributed by atoms with Gasteiger partial charge in [0.05, 0.1) is 13.2 Å². The highest BCUT2D eigenvalue weighted by Crippen LogP contribution is 2.33. The van der Waals surface area contributed by atoms with Crippen LogP contribution in [0.1, 0.15) is 6.42 Å². The first kappa shape index (κ1) is 10.4. The van der Waals surface area contributed by atoms with Crippen molar-refractivity contribution in [1.82, 2.24) is 10.2 Å². The SMILES string of the molecule is C1=C[C@H]2CNCCC2C(N2CCOCC2)=C1. The number of nitrogens with one attached hydrogen (secondary N) is 1. The zero-order chi connectivity index (χ0) is 10.8. The second kappa shape index (κ2) is 4.60. The smallest absolute Gasteiger partial charge is 0.0642 e. The van der Waals surface area contributed by atoms with Crippen molar-refractivity contribution in [2.24, 2.45) is 11.8 Å². The molecule has 0 aromatic rings. The van der Waals surface area contributed by atoms with Gasteiger partial charge in [0.2, 0.25) is 0 Å². The van der Waals surface area contributed by atoms with Crippen LogP contribution in [0, 0.1) is 11.8 Å². The summed E-state index contributed by atoms with van der Waals surface area (Å²) < 4.78 is 5.43. The fourth-order valence-corrected chi connectivity index (χ4v) is 3.03. The maximum atomic E-state index is 5.43. The van der Waals surface area contributed by atoms with Gasteiger partial charge in [0.15, 0.2) is 0 Å². The summed E-state index contributed by atoms with van der Waals surface area (Å²) >= 11 is 0. The molecule has 1 N–H and O–H groups in total. The average molecular weight is 220 g/mol. The Morgan fingerprint density at radius 3 is 3.06 bits per heavy atom. The molecule has 3 nitrogen and oxygen atoms in total. The number of fused-ring (bicyclic) bond motifs is 1. The summed E-state index contributed by atoms with van der Waals surface area (Å²) in [6.45, 7) is 6.21. The molecular formula is C13H20N2O. The molecular weight excluding hydrogens is 200 g/mol. The lowest BCUT2D eigenvalue weighted by molar-refractivity contribution is 0.0450. The molecule has 3 rings (SSSR count). The Kier molecular flexibility index (Phi) is 2.98. The van der Waals surface area contributed by atoms with Crippen LogP contribution < -0.4 is 5.32 Å². The van der Waals surface area contributed by atoms with Crippen molar-refractivity contribution in [3.05, 3.63) is 23.9 Å². The number of nitrogens with zero attached hydrogens (tertiary/aromatic N) is 1. The van der Waals surface area contributed by atoms with Gasteiger partial charge in [-0.05, 0) is 25.0 Å². The number of allylic oxidation sites excluding steroid dienone is 3. The molecule has 16 heavy (non-hydrogen) atoms. The van der Waals surface area contributed by atoms with Gasteiger partial charge in [0, 0.05) is 31.2 Å². The van der Waals surface area contributed by atoms with Crippen LogP contribution in [0.5, 0.6) is 0 Å². The molecule has 2 fully saturated rings. The lowest BCUT2D eigenvalue weighted by atomic mass is 9.80. The summed E-state index contributed by atoms with van der Waals surface area (Å²) in [5, 5.41) is 3.49. The highest BCUT2D eigenvalue weighted by atomic mass is 16.5. The molecule has 0 amide bonds. The van der Waals surface area contributed by atoms with Gasteiger partial charge in [-0.25, -0.2) is 0 Å². The number of hydrogen-bond donors (Lipinski definition) is 1. The van der Waals surface area contributed by atoms with E-state index in [1.54, 1.807) is 5.70 Å². The Hall–Kier alpha value is -0.800. The van der Waals surface area contributed by atoms with Gasteiger partial charge >= 0.3 is 0 Å². The predicted octanol–water partition coefficient (Wildman–Crippen LogP) is 0.998. The molecule has 3 heteroatoms. The fraction of sp³-hybridized carbons (Fsp3) is 0.692. The van der Waals surface area contributed by atoms with Crippen molar-refractivity contribution >= 4 is 0 Å². The van der Waals surface area contributed by atoms with E-state index in [1.165, 1.54) is 6.42 Å². The highest BCUT2D eigenvalue weighted by Gasteiger charge is 2.30. The summed E-state index contributed by atoms with van der Waals surface area (Å²) in [6, 6.07) is 0. The minimum Gasteiger partial charge on any atom is -0.378 e. The van der Waals surface area contributed by atoms with E-state index in [0.717, 1.165) is 45.3 Å². The minimum absolute atomic E-state index is 0.705. The molecule has 2 saturated heterocycles. The molecule has 2 atom stereocenters. The van der Waals surface area contributed by atoms with E-state index >= 15 is 0 Å². The van der Waals surface area contributed by atoms with Gasteiger partial charge < -0.3 is 15.0 Å². The summed E-state index contributed by atoms with van der Waals surface area (Å²) in [5.41, 5.74) is 1.55. The zero-order valence-corrected chi connectivity index (χ0v) is 9.69. The third-order valence-electron chi connectivity index (χ3n) is 3.91. The Bertz CT molecular complexity index is 305. The lowest BCUT2D eigenvalue weighted by Crippen LogP contribution is -2.44. The van der Waals surface area contributed by atoms with Crippen molar-refractivity contribution < 1.29 is 4.74 Å². The van der Waals surface area contributed by atoms with Crippen LogP contribution in [0.15, 0.2) is 23.9 Å². The normalized spacial score (nSPS) is 34.5. The van der Waals surface area contributed by atoms with E-state index in [4.69, 9.17) is 4.74 Å². The molecule has 2 heterocycles. The van der Waals surface area contributed by atoms with Gasteiger partial charge in [0.25, 0.3) is 0 Å². The van der Waals surface area contributed by atoms with Crippen LogP contribution in [-0.2, 0) is 4.74 Å². The third-order valence-corrected chi connectivity index (χ3v) is 3.91. The maximum Gasteiger partial charge on any atom is 0.0642 e. The molecule has 0 radical (unpaired) electrons. The molecule has 0 saturated carbocycles. The predicted molar refractivity (Wildman–Crippen MR) is 64.1 cm³/mol. The number of ether oxygens (including phenoxy) is 1. The van der Waals surface area contributed by atoms with Crippen LogP contribution in [0.2, 0.25) is 0 Å². The van der Waals surface area contributed by atoms with Crippen LogP contribution in [0.3, 0.4) is 0 Å². The molecule has 0 aromatic carbocycles. The molecule has 1 aliphatic carbocycles. The summed E-state index contributed by atoms with van der Waals surface area (Å²) in [6.07, 6.45) is 8.19. The van der Waals surface area contributed by atoms with E-state index in [9.17, 15) is 0 Å². The second-order valence-corrected chi connectivity index (χ2v) is 4.84. The van der Waals surface area contributed by atoms with Gasteiger partial charge in [-0.15, -0.1) is 0 Å². The molecule has 0 aromatic heterocycles. The van der Waals surface area contributed by atoms with Gasteiger partial charge in [-0.2, -0.15) is 0 Å². The standard InChI is InChI=1S/C13H20N2O/c1-2-11-10-14-5-4-12(11)13(3-1)15-6-8-16-9-7-15/h1-3,11-12,14H,4-10H2/t11-,12?/m0/s1. The largest absolute Gasteiger partial charge is 0.378 e. The van der Waals surface area contributed by atoms with Gasteiger partial charge in [0.1, 0.15) is 0 Å². The Balaban J connectivity index is 1.76. The second-order valence-electron chi connectivity index (χ2n) is 4.84. The molecule has 3 aliphatic rings. The van der Waals surface area contributed by atoms with Crippen molar-refractivity contribution in [3.8, 4) is 0 Å². The summed E-state index contributed by atoms with van der Waals surface area (Å²) in [4.78, 5) is 2.52. The van der Waals surface area contributed by atoms with Gasteiger partial charge in [-0.3, -0.25) is 0 Å². The zero-order valence-electron chi connectivity index (χ0n) is 9.69. The Morgan fingerprint density at radius 1 is 1.31 bits per heavy atom. The number of morpholine rings is 1. The molecule has 1 unspecified atom stereocenters. The topological polar surface area (TPSA) is 24.5 Å². The van der Waals surface area contributed by atoms with Gasteiger partial charge in [-0.1, -0.05) is 12.2 Å². The van der Waals surface area contributed by atoms with Crippen molar-refractivity contribution in [2.45, 2.75) is 6.42 Å². The first-order valence-electron chi connectivity index (χ1n) is 6.37. The van der Waals surface area contributed by atoms with Crippen LogP contribution in [-0.4, -0.2) is 44.3 Å². The van der Waals surface area contributed by atoms with E-state index in [2.05, 4.69) is 28.4 Å². The van der Waals surface area contributed by atoms with Crippen LogP contribution in [0.4, 0.5) is 0 Å². The Labute approximate surface area is 97.1 Å². The van der Waals surface area contributed by atoms with E-state index in [0.29, 0.717) is 5.92 Å². The fourth-order valence-electron chi connectivity index (χ4n) is 3.03. The molecule has 88 valence electrons. The summed E-state index contributed by atoms with van der Waals surface area (Å²) in [5.74, 6) is 1.45. The minimum atomic E-state index is 0.705. The summed E-state index contributed by atoms with van der Waals surface area (Å²) in [7, 11) is 0. The van der Waals surface area contributed by atoms with Crippen LogP contribution >= 0.6 is 0 Å². The lowest BCUT2D eigenvalue weighted by Gasteiger charge is -2.41. The van der Waals surface area contributed by atoms with Crippen LogP contribution in [0.25, 0.3) is 0 Å². The molecule has 2 aliphatic heterocycles. The van der Waals surface area contributed by atoms with E-state index in [-0.39, 0.29) is 0 Å². The monoisotopic (exact) mass is 220 g/mol. The highest BCUT2D eigenvalue weighted by molar-refractivity contribution is 5.24. The number of rotatable bonds is 1. The molecule has 0 bridgehead atoms. The first-order valence-corrected chi connectivity index (χ1v) is 6.37. The third kappa shape index (κ3) is 1.89. The quantitative estimate of drug-likeness (QED) is 0.713. The molecule has 0 spiro atoms. The first-order chi connectivity index (χ1) is 7.95. The van der Waals surface area contributed by atoms with E-state index in [1.807, 2.05) is 0 Å². The Morgan fingerprint density at radius 2 is 2.19 bits per heavy atom. The van der Waals surface area contributed by atoms with E-state index < -0.39 is 0 Å². The number of hydrogen-bond acceptors (Lipinski definition) is 3. The maximum absolute atomic E-state index is 5.43. The number of piperidine rings is 1. The van der Waals surface area contributed by atoms with Crippen molar-refractivity contribution in [2.75, 3.05) is 39.4 Å². The van der Waals surface area contributed by atoms with Crippen molar-refractivity contribution in [1.29, 1.82) is 0 Å².